The molecule has 1 amide bonds. The minimum Gasteiger partial charge on any atom is -0.480 e. The van der Waals surface area contributed by atoms with Gasteiger partial charge in [-0.2, -0.15) is 17.0 Å². The maximum absolute atomic E-state index is 14.1. The highest BCUT2D eigenvalue weighted by atomic mass is 35.5. The standard InChI is InChI=1S/C27H30ClN3O5S/c28-23-10-8-20(9-11-23)21-12-15-30(16-13-21)37(35,36)31(18-17-29-14-4-7-25(29)32)27(26(33)34)19-24(27)22-5-2-1-3-6-22/h1-3,5-6,8-12,24H,4,7,13-19H2,(H,33,34)/t24-,27+/m0/s1. The average Bonchev–Trinajstić information content (AvgIpc) is 3.53. The number of carboxylic acids is 1. The van der Waals surface area contributed by atoms with Gasteiger partial charge in [-0.1, -0.05) is 60.1 Å². The average molecular weight is 544 g/mol. The number of halogens is 1. The minimum absolute atomic E-state index is 0.0226. The molecule has 8 nitrogen and oxygen atoms in total. The molecular formula is C27H30ClN3O5S. The Balaban J connectivity index is 1.43. The van der Waals surface area contributed by atoms with Crippen molar-refractivity contribution in [3.63, 3.8) is 0 Å². The molecule has 0 spiro atoms. The van der Waals surface area contributed by atoms with E-state index in [1.807, 2.05) is 48.5 Å². The summed E-state index contributed by atoms with van der Waals surface area (Å²) in [5.74, 6) is -1.64. The van der Waals surface area contributed by atoms with Gasteiger partial charge >= 0.3 is 5.97 Å². The van der Waals surface area contributed by atoms with Crippen LogP contribution in [0.1, 0.15) is 42.7 Å². The first-order valence-corrected chi connectivity index (χ1v) is 14.3. The van der Waals surface area contributed by atoms with Gasteiger partial charge in [0.15, 0.2) is 0 Å². The number of amides is 1. The predicted octanol–water partition coefficient (Wildman–Crippen LogP) is 3.61. The Morgan fingerprint density at radius 1 is 1.08 bits per heavy atom. The first-order chi connectivity index (χ1) is 17.7. The molecule has 3 aliphatic rings. The normalized spacial score (nSPS) is 24.4. The molecule has 1 aliphatic carbocycles. The van der Waals surface area contributed by atoms with Crippen LogP contribution in [0.15, 0.2) is 60.7 Å². The summed E-state index contributed by atoms with van der Waals surface area (Å²) in [6.45, 7) is 1.06. The SMILES string of the molecule is O=C1CCCN1CCN([C@]1(C(=O)O)C[C@H]1c1ccccc1)S(=O)(=O)N1CC=C(c2ccc(Cl)cc2)CC1. The van der Waals surface area contributed by atoms with Crippen molar-refractivity contribution in [3.8, 4) is 0 Å². The largest absolute Gasteiger partial charge is 0.480 e. The van der Waals surface area contributed by atoms with Crippen LogP contribution in [0, 0.1) is 0 Å². The lowest BCUT2D eigenvalue weighted by Gasteiger charge is -2.36. The summed E-state index contributed by atoms with van der Waals surface area (Å²) in [5, 5.41) is 11.0. The van der Waals surface area contributed by atoms with E-state index in [1.165, 1.54) is 4.31 Å². The molecule has 1 saturated heterocycles. The molecule has 0 bridgehead atoms. The monoisotopic (exact) mass is 543 g/mol. The maximum atomic E-state index is 14.1. The Labute approximate surface area is 222 Å². The number of carbonyl (C=O) groups excluding carboxylic acids is 1. The Bertz CT molecular complexity index is 1320. The van der Waals surface area contributed by atoms with E-state index in [2.05, 4.69) is 0 Å². The molecule has 2 heterocycles. The summed E-state index contributed by atoms with van der Waals surface area (Å²) in [6, 6.07) is 16.6. The second-order valence-corrected chi connectivity index (χ2v) is 12.1. The third kappa shape index (κ3) is 4.93. The van der Waals surface area contributed by atoms with E-state index in [1.54, 1.807) is 17.0 Å². The van der Waals surface area contributed by atoms with Crippen molar-refractivity contribution in [2.75, 3.05) is 32.7 Å². The van der Waals surface area contributed by atoms with Gasteiger partial charge in [0.2, 0.25) is 5.91 Å². The second kappa shape index (κ2) is 10.2. The topological polar surface area (TPSA) is 98.2 Å². The van der Waals surface area contributed by atoms with Crippen LogP contribution in [0.3, 0.4) is 0 Å². The number of carboxylic acid groups (broad SMARTS) is 1. The maximum Gasteiger partial charge on any atom is 0.325 e. The van der Waals surface area contributed by atoms with Gasteiger partial charge in [0.25, 0.3) is 10.2 Å². The highest BCUT2D eigenvalue weighted by molar-refractivity contribution is 7.86. The summed E-state index contributed by atoms with van der Waals surface area (Å²) in [4.78, 5) is 26.6. The van der Waals surface area contributed by atoms with Crippen LogP contribution in [0.5, 0.6) is 0 Å². The van der Waals surface area contributed by atoms with Gasteiger partial charge in [-0.25, -0.2) is 0 Å². The molecule has 2 aromatic rings. The molecule has 10 heteroatoms. The number of benzene rings is 2. The van der Waals surface area contributed by atoms with Crippen LogP contribution < -0.4 is 0 Å². The molecule has 5 rings (SSSR count). The van der Waals surface area contributed by atoms with Gasteiger partial charge in [-0.05, 0) is 48.1 Å². The predicted molar refractivity (Wildman–Crippen MR) is 141 cm³/mol. The Morgan fingerprint density at radius 2 is 1.81 bits per heavy atom. The fraction of sp³-hybridized carbons (Fsp3) is 0.407. The van der Waals surface area contributed by atoms with E-state index in [0.29, 0.717) is 24.4 Å². The van der Waals surface area contributed by atoms with Crippen molar-refractivity contribution in [2.45, 2.75) is 37.1 Å². The van der Waals surface area contributed by atoms with E-state index >= 15 is 0 Å². The van der Waals surface area contributed by atoms with Gasteiger partial charge in [0, 0.05) is 50.1 Å². The van der Waals surface area contributed by atoms with E-state index < -0.39 is 27.6 Å². The summed E-state index contributed by atoms with van der Waals surface area (Å²) >= 11 is 6.00. The van der Waals surface area contributed by atoms with Crippen LogP contribution in [-0.2, 0) is 19.8 Å². The molecule has 2 aromatic carbocycles. The van der Waals surface area contributed by atoms with Crippen LogP contribution >= 0.6 is 11.6 Å². The molecular weight excluding hydrogens is 514 g/mol. The molecule has 1 saturated carbocycles. The molecule has 2 aliphatic heterocycles. The smallest absolute Gasteiger partial charge is 0.325 e. The summed E-state index contributed by atoms with van der Waals surface area (Å²) in [6.07, 6.45) is 3.74. The molecule has 0 radical (unpaired) electrons. The van der Waals surface area contributed by atoms with Crippen LogP contribution in [0.2, 0.25) is 5.02 Å². The highest BCUT2D eigenvalue weighted by Crippen LogP contribution is 2.57. The van der Waals surface area contributed by atoms with Crippen LogP contribution in [0.4, 0.5) is 0 Å². The molecule has 2 atom stereocenters. The van der Waals surface area contributed by atoms with E-state index in [0.717, 1.165) is 27.4 Å². The van der Waals surface area contributed by atoms with Gasteiger partial charge in [0.05, 0.1) is 0 Å². The van der Waals surface area contributed by atoms with Crippen molar-refractivity contribution in [1.29, 1.82) is 0 Å². The Kier molecular flexibility index (Phi) is 7.15. The quantitative estimate of drug-likeness (QED) is 0.521. The number of rotatable bonds is 9. The Morgan fingerprint density at radius 3 is 2.41 bits per heavy atom. The number of hydrogen-bond donors (Lipinski definition) is 1. The second-order valence-electron chi connectivity index (χ2n) is 9.81. The number of nitrogens with zero attached hydrogens (tertiary/aromatic N) is 3. The first-order valence-electron chi connectivity index (χ1n) is 12.5. The zero-order valence-electron chi connectivity index (χ0n) is 20.4. The van der Waals surface area contributed by atoms with Gasteiger partial charge in [0.1, 0.15) is 5.54 Å². The van der Waals surface area contributed by atoms with E-state index in [9.17, 15) is 23.1 Å². The van der Waals surface area contributed by atoms with Gasteiger partial charge in [-0.3, -0.25) is 9.59 Å². The van der Waals surface area contributed by atoms with E-state index in [-0.39, 0.29) is 38.5 Å². The van der Waals surface area contributed by atoms with Crippen LogP contribution in [-0.4, -0.2) is 77.2 Å². The van der Waals surface area contributed by atoms with Crippen molar-refractivity contribution in [3.05, 3.63) is 76.8 Å². The van der Waals surface area contributed by atoms with E-state index in [4.69, 9.17) is 11.6 Å². The number of likely N-dealkylation sites (tertiary alicyclic amines) is 1. The third-order valence-corrected chi connectivity index (χ3v) is 9.99. The lowest BCUT2D eigenvalue weighted by atomic mass is 10.0. The minimum atomic E-state index is -4.14. The zero-order chi connectivity index (χ0) is 26.2. The van der Waals surface area contributed by atoms with Crippen molar-refractivity contribution in [2.24, 2.45) is 0 Å². The highest BCUT2D eigenvalue weighted by Gasteiger charge is 2.68. The van der Waals surface area contributed by atoms with Crippen molar-refractivity contribution < 1.29 is 23.1 Å². The number of aliphatic carboxylic acids is 1. The molecule has 37 heavy (non-hydrogen) atoms. The molecule has 2 fully saturated rings. The fourth-order valence-corrected chi connectivity index (χ4v) is 7.54. The van der Waals surface area contributed by atoms with Gasteiger partial charge < -0.3 is 10.0 Å². The van der Waals surface area contributed by atoms with Crippen molar-refractivity contribution >= 4 is 39.3 Å². The van der Waals surface area contributed by atoms with Gasteiger partial charge in [-0.15, -0.1) is 0 Å². The third-order valence-electron chi connectivity index (χ3n) is 7.69. The lowest BCUT2D eigenvalue weighted by molar-refractivity contribution is -0.143. The lowest BCUT2D eigenvalue weighted by Crippen LogP contribution is -2.56. The molecule has 1 N–H and O–H groups in total. The Hall–Kier alpha value is -2.72. The fourth-order valence-electron chi connectivity index (χ4n) is 5.55. The summed E-state index contributed by atoms with van der Waals surface area (Å²) < 4.78 is 30.6. The number of carbonyl (C=O) groups is 2. The molecule has 0 unspecified atom stereocenters. The summed E-state index contributed by atoms with van der Waals surface area (Å²) in [7, 11) is -4.14. The first kappa shape index (κ1) is 25.9. The zero-order valence-corrected chi connectivity index (χ0v) is 22.0. The van der Waals surface area contributed by atoms with Crippen molar-refractivity contribution in [1.82, 2.24) is 13.5 Å². The summed E-state index contributed by atoms with van der Waals surface area (Å²) in [5.41, 5.74) is 1.23. The molecule has 0 aromatic heterocycles. The number of hydrogen-bond acceptors (Lipinski definition) is 4. The van der Waals surface area contributed by atoms with Crippen LogP contribution in [0.25, 0.3) is 5.57 Å². The molecule has 196 valence electrons.